The van der Waals surface area contributed by atoms with Crippen molar-refractivity contribution in [3.8, 4) is 5.75 Å². The molecular formula is C32H38N6O9S2. The molecule has 0 spiro atoms. The van der Waals surface area contributed by atoms with Crippen molar-refractivity contribution in [1.82, 2.24) is 19.6 Å². The number of ether oxygens (including phenoxy) is 4. The third-order valence-electron chi connectivity index (χ3n) is 6.75. The van der Waals surface area contributed by atoms with Crippen molar-refractivity contribution in [3.63, 3.8) is 0 Å². The summed E-state index contributed by atoms with van der Waals surface area (Å²) in [5.41, 5.74) is 0.229. The molecule has 262 valence electrons. The third-order valence-corrected chi connectivity index (χ3v) is 8.68. The molecule has 1 fully saturated rings. The van der Waals surface area contributed by atoms with Gasteiger partial charge in [-0.25, -0.2) is 9.59 Å². The molecule has 3 heterocycles. The number of rotatable bonds is 13. The fourth-order valence-corrected chi connectivity index (χ4v) is 6.11. The molecule has 2 aliphatic rings. The Morgan fingerprint density at radius 3 is 2.49 bits per heavy atom. The maximum atomic E-state index is 13.7. The van der Waals surface area contributed by atoms with E-state index < -0.39 is 46.7 Å². The first-order chi connectivity index (χ1) is 23.2. The lowest BCUT2D eigenvalue weighted by molar-refractivity contribution is -0.197. The maximum Gasteiger partial charge on any atom is 0.414 e. The number of oxime groups is 1. The Hall–Kier alpha value is -4.74. The number of nitrogens with one attached hydrogen (secondary N) is 2. The van der Waals surface area contributed by atoms with E-state index in [4.69, 9.17) is 23.8 Å². The summed E-state index contributed by atoms with van der Waals surface area (Å²) in [7, 11) is 2.95. The highest BCUT2D eigenvalue weighted by molar-refractivity contribution is 8.00. The fraction of sp³-hybridized carbons (Fsp3) is 0.406. The van der Waals surface area contributed by atoms with Gasteiger partial charge in [0.2, 0.25) is 22.5 Å². The number of nitrogens with zero attached hydrogens (tertiary/aromatic N) is 4. The van der Waals surface area contributed by atoms with Crippen LogP contribution in [0.15, 0.2) is 65.5 Å². The molecule has 15 nitrogen and oxygen atoms in total. The van der Waals surface area contributed by atoms with Gasteiger partial charge in [-0.2, -0.15) is 9.36 Å². The summed E-state index contributed by atoms with van der Waals surface area (Å²) in [6, 6.07) is 5.99. The molecule has 0 aliphatic carbocycles. The Labute approximate surface area is 291 Å². The number of fused-ring (bicyclic) bond motifs is 1. The van der Waals surface area contributed by atoms with Gasteiger partial charge in [-0.3, -0.25) is 19.8 Å². The summed E-state index contributed by atoms with van der Waals surface area (Å²) in [6.45, 7) is 11.9. The number of thioether (sulfide) groups is 1. The number of hydrogen-bond acceptors (Lipinski definition) is 14. The zero-order chi connectivity index (χ0) is 35.9. The van der Waals surface area contributed by atoms with Crippen LogP contribution in [0.3, 0.4) is 0 Å². The average Bonchev–Trinajstić information content (AvgIpc) is 3.51. The van der Waals surface area contributed by atoms with Gasteiger partial charge < -0.3 is 29.1 Å². The van der Waals surface area contributed by atoms with Gasteiger partial charge >= 0.3 is 12.1 Å². The number of anilines is 1. The van der Waals surface area contributed by atoms with E-state index in [1.807, 2.05) is 0 Å². The number of aromatic nitrogens is 2. The van der Waals surface area contributed by atoms with Crippen LogP contribution < -0.4 is 15.4 Å². The minimum absolute atomic E-state index is 0.0339. The van der Waals surface area contributed by atoms with Crippen molar-refractivity contribution >= 4 is 58.0 Å². The molecule has 17 heteroatoms. The molecule has 4 rings (SSSR count). The normalized spacial score (nSPS) is 18.0. The second kappa shape index (κ2) is 15.7. The predicted octanol–water partition coefficient (Wildman–Crippen LogP) is 4.14. The first-order valence-corrected chi connectivity index (χ1v) is 16.7. The molecule has 3 amide bonds. The Bertz CT molecular complexity index is 1680. The number of allylic oxidation sites excluding steroid dienone is 3. The van der Waals surface area contributed by atoms with Gasteiger partial charge in [0.05, 0.1) is 7.11 Å². The van der Waals surface area contributed by atoms with Gasteiger partial charge in [-0.05, 0) is 44.0 Å². The lowest BCUT2D eigenvalue weighted by Crippen LogP contribution is -2.71. The van der Waals surface area contributed by atoms with Gasteiger partial charge in [-0.1, -0.05) is 42.1 Å². The number of carbonyl (C=O) groups excluding carboxylic acids is 4. The Morgan fingerprint density at radius 1 is 1.14 bits per heavy atom. The van der Waals surface area contributed by atoms with E-state index in [9.17, 15) is 19.2 Å². The summed E-state index contributed by atoms with van der Waals surface area (Å²) in [5.74, 6) is -2.48. The van der Waals surface area contributed by atoms with Crippen LogP contribution in [0.5, 0.6) is 5.75 Å². The molecule has 0 bridgehead atoms. The summed E-state index contributed by atoms with van der Waals surface area (Å²) in [6.07, 6.45) is 4.14. The number of esters is 1. The van der Waals surface area contributed by atoms with Crippen molar-refractivity contribution in [2.45, 2.75) is 64.0 Å². The minimum Gasteiger partial charge on any atom is -0.497 e. The second-order valence-corrected chi connectivity index (χ2v) is 13.8. The van der Waals surface area contributed by atoms with E-state index in [1.165, 1.54) is 23.8 Å². The summed E-state index contributed by atoms with van der Waals surface area (Å²) in [4.78, 5) is 63.9. The number of β-lactam (4-membered cyclic amide) rings is 1. The van der Waals surface area contributed by atoms with E-state index in [-0.39, 0.29) is 29.0 Å². The number of methoxy groups -OCH3 is 2. The van der Waals surface area contributed by atoms with E-state index in [2.05, 4.69) is 31.7 Å². The topological polar surface area (TPSA) is 180 Å². The predicted molar refractivity (Wildman–Crippen MR) is 183 cm³/mol. The lowest BCUT2D eigenvalue weighted by Gasteiger charge is -2.49. The van der Waals surface area contributed by atoms with Gasteiger partial charge in [0.1, 0.15) is 35.1 Å². The second-order valence-electron chi connectivity index (χ2n) is 11.9. The minimum atomic E-state index is -1.23. The van der Waals surface area contributed by atoms with E-state index >= 15 is 0 Å². The van der Waals surface area contributed by atoms with Crippen molar-refractivity contribution in [1.29, 1.82) is 0 Å². The number of benzene rings is 1. The number of amides is 3. The van der Waals surface area contributed by atoms with Crippen LogP contribution in [0, 0.1) is 0 Å². The van der Waals surface area contributed by atoms with E-state index in [0.717, 1.165) is 17.1 Å². The standard InChI is InChI=1S/C32H38N6O9S2/c1-9-10-11-19-17-48-27-22(26(40)38(27)23(19)28(41)45-16-18-12-14-20(43-7)15-13-18)33-25(39)21(36-47-32(5,6)44-8)24-34-29(49-37-24)35-30(42)46-31(2,3)4/h9-15,22,27H,1,16-17H2,2-8H3,(H,33,39)(H,34,35,37,42)/b11-10+,36-21-/t22-,27-/m1/s1. The highest BCUT2D eigenvalue weighted by atomic mass is 32.2. The van der Waals surface area contributed by atoms with Crippen molar-refractivity contribution in [3.05, 3.63) is 71.7 Å². The number of hydrogen-bond donors (Lipinski definition) is 2. The Morgan fingerprint density at radius 2 is 1.86 bits per heavy atom. The highest BCUT2D eigenvalue weighted by Crippen LogP contribution is 2.41. The van der Waals surface area contributed by atoms with Crippen LogP contribution in [0.2, 0.25) is 0 Å². The largest absolute Gasteiger partial charge is 0.497 e. The molecular weight excluding hydrogens is 677 g/mol. The zero-order valence-corrected chi connectivity index (χ0v) is 29.7. The summed E-state index contributed by atoms with van der Waals surface area (Å²) < 4.78 is 25.4. The third kappa shape index (κ3) is 9.45. The van der Waals surface area contributed by atoms with Crippen LogP contribution in [0.1, 0.15) is 46.0 Å². The zero-order valence-electron chi connectivity index (χ0n) is 28.1. The molecule has 0 saturated carbocycles. The molecule has 1 saturated heterocycles. The van der Waals surface area contributed by atoms with Gasteiger partial charge in [-0.15, -0.1) is 11.8 Å². The molecule has 2 N–H and O–H groups in total. The van der Waals surface area contributed by atoms with Crippen LogP contribution in [-0.4, -0.2) is 86.6 Å². The molecule has 2 atom stereocenters. The van der Waals surface area contributed by atoms with E-state index in [1.54, 1.807) is 84.2 Å². The van der Waals surface area contributed by atoms with Crippen molar-refractivity contribution < 1.29 is 43.0 Å². The summed E-state index contributed by atoms with van der Waals surface area (Å²) in [5, 5.41) is 8.50. The molecule has 2 aliphatic heterocycles. The Balaban J connectivity index is 1.53. The molecule has 49 heavy (non-hydrogen) atoms. The Kier molecular flexibility index (Phi) is 11.8. The van der Waals surface area contributed by atoms with Crippen LogP contribution in [0.25, 0.3) is 0 Å². The molecule has 2 aromatic rings. The molecule has 0 unspecified atom stereocenters. The van der Waals surface area contributed by atoms with Crippen LogP contribution in [0.4, 0.5) is 9.93 Å². The van der Waals surface area contributed by atoms with E-state index in [0.29, 0.717) is 17.1 Å². The molecule has 1 aromatic carbocycles. The van der Waals surface area contributed by atoms with Gasteiger partial charge in [0, 0.05) is 38.2 Å². The average molecular weight is 715 g/mol. The smallest absolute Gasteiger partial charge is 0.414 e. The molecule has 1 aromatic heterocycles. The first kappa shape index (κ1) is 37.1. The first-order valence-electron chi connectivity index (χ1n) is 14.9. The van der Waals surface area contributed by atoms with Gasteiger partial charge in [0.15, 0.2) is 0 Å². The fourth-order valence-electron chi connectivity index (χ4n) is 4.23. The monoisotopic (exact) mass is 714 g/mol. The van der Waals surface area contributed by atoms with Crippen LogP contribution in [-0.2, 0) is 40.0 Å². The van der Waals surface area contributed by atoms with Crippen LogP contribution >= 0.6 is 23.3 Å². The number of carbonyl (C=O) groups is 4. The maximum absolute atomic E-state index is 13.7. The quantitative estimate of drug-likeness (QED) is 0.0758. The van der Waals surface area contributed by atoms with Crippen molar-refractivity contribution in [2.75, 3.05) is 25.3 Å². The molecule has 0 radical (unpaired) electrons. The highest BCUT2D eigenvalue weighted by Gasteiger charge is 2.54. The SMILES string of the molecule is C=C/C=C/C1=C(C(=O)OCc2ccc(OC)cc2)N2C(=O)[C@@H](NC(=O)/C(=N\OC(C)(C)OC)c3nsc(NC(=O)OC(C)(C)C)n3)[C@H]2SC1. The summed E-state index contributed by atoms with van der Waals surface area (Å²) >= 11 is 2.14. The van der Waals surface area contributed by atoms with Crippen molar-refractivity contribution in [2.24, 2.45) is 5.16 Å². The van der Waals surface area contributed by atoms with Gasteiger partial charge in [0.25, 0.3) is 11.8 Å². The lowest BCUT2D eigenvalue weighted by atomic mass is 10.0.